The van der Waals surface area contributed by atoms with E-state index in [1.165, 1.54) is 6.07 Å². The second-order valence-electron chi connectivity index (χ2n) is 11.8. The van der Waals surface area contributed by atoms with E-state index in [1.807, 2.05) is 60.4 Å². The normalized spacial score (nSPS) is 16.2. The number of benzene rings is 4. The van der Waals surface area contributed by atoms with Gasteiger partial charge >= 0.3 is 6.18 Å². The van der Waals surface area contributed by atoms with Gasteiger partial charge in [-0.25, -0.2) is 0 Å². The summed E-state index contributed by atoms with van der Waals surface area (Å²) in [6.07, 6.45) is -3.41. The number of amides is 2. The lowest BCUT2D eigenvalue weighted by Gasteiger charge is -2.26. The van der Waals surface area contributed by atoms with Gasteiger partial charge in [0.1, 0.15) is 0 Å². The smallest absolute Gasteiger partial charge is 0.390 e. The molecule has 9 heteroatoms. The molecule has 5 rings (SSSR count). The minimum atomic E-state index is -4.44. The van der Waals surface area contributed by atoms with Crippen molar-refractivity contribution < 1.29 is 27.9 Å². The third-order valence-electron chi connectivity index (χ3n) is 8.33. The monoisotopic (exact) mass is 629 g/mol. The summed E-state index contributed by atoms with van der Waals surface area (Å²) in [6, 6.07) is 28.4. The number of hydrogen-bond donors (Lipinski definition) is 3. The summed E-state index contributed by atoms with van der Waals surface area (Å²) in [5.74, 6) is -0.581. The number of likely N-dealkylation sites (tertiary alicyclic amines) is 1. The molecular weight excluding hydrogens is 591 g/mol. The van der Waals surface area contributed by atoms with Crippen molar-refractivity contribution in [3.8, 4) is 0 Å². The molecule has 6 nitrogen and oxygen atoms in total. The Bertz CT molecular complexity index is 1640. The van der Waals surface area contributed by atoms with Crippen molar-refractivity contribution in [3.63, 3.8) is 0 Å². The fourth-order valence-electron chi connectivity index (χ4n) is 5.96. The lowest BCUT2D eigenvalue weighted by molar-refractivity contribution is -0.137. The zero-order valence-electron chi connectivity index (χ0n) is 25.6. The maximum Gasteiger partial charge on any atom is 0.416 e. The molecule has 3 unspecified atom stereocenters. The number of hydrogen-bond acceptors (Lipinski definition) is 4. The van der Waals surface area contributed by atoms with E-state index in [1.54, 1.807) is 30.3 Å². The topological polar surface area (TPSA) is 81.7 Å². The van der Waals surface area contributed by atoms with Crippen LogP contribution in [0.25, 0.3) is 0 Å². The molecule has 0 aliphatic carbocycles. The second kappa shape index (κ2) is 14.7. The minimum absolute atomic E-state index is 0.0290. The van der Waals surface area contributed by atoms with Crippen LogP contribution >= 0.6 is 0 Å². The molecule has 4 aromatic carbocycles. The molecule has 1 heterocycles. The average Bonchev–Trinajstić information content (AvgIpc) is 3.54. The first kappa shape index (κ1) is 32.9. The van der Waals surface area contributed by atoms with Crippen molar-refractivity contribution in [2.45, 2.75) is 57.1 Å². The van der Waals surface area contributed by atoms with Crippen LogP contribution in [0.5, 0.6) is 0 Å². The summed E-state index contributed by atoms with van der Waals surface area (Å²) < 4.78 is 39.4. The van der Waals surface area contributed by atoms with E-state index in [0.717, 1.165) is 41.7 Å². The number of nitrogens with one attached hydrogen (secondary N) is 2. The third-order valence-corrected chi connectivity index (χ3v) is 8.33. The van der Waals surface area contributed by atoms with Crippen molar-refractivity contribution in [3.05, 3.63) is 142 Å². The third kappa shape index (κ3) is 8.41. The van der Waals surface area contributed by atoms with Gasteiger partial charge in [0.05, 0.1) is 23.8 Å². The summed E-state index contributed by atoms with van der Waals surface area (Å²) in [5.41, 5.74) is 3.51. The van der Waals surface area contributed by atoms with Crippen LogP contribution in [0.4, 0.5) is 13.2 Å². The molecule has 1 fully saturated rings. The van der Waals surface area contributed by atoms with Gasteiger partial charge in [0.2, 0.25) is 0 Å². The van der Waals surface area contributed by atoms with Crippen LogP contribution < -0.4 is 10.6 Å². The highest BCUT2D eigenvalue weighted by molar-refractivity contribution is 6.00. The van der Waals surface area contributed by atoms with Crippen molar-refractivity contribution in [2.24, 2.45) is 0 Å². The van der Waals surface area contributed by atoms with E-state index in [4.69, 9.17) is 0 Å². The van der Waals surface area contributed by atoms with E-state index < -0.39 is 29.8 Å². The largest absolute Gasteiger partial charge is 0.416 e. The number of halogens is 3. The van der Waals surface area contributed by atoms with E-state index >= 15 is 0 Å². The molecule has 2 amide bonds. The molecule has 0 radical (unpaired) electrons. The number of alkyl halides is 3. The second-order valence-corrected chi connectivity index (χ2v) is 11.8. The van der Waals surface area contributed by atoms with Gasteiger partial charge in [-0.05, 0) is 67.1 Å². The molecule has 1 saturated heterocycles. The Morgan fingerprint density at radius 1 is 0.891 bits per heavy atom. The van der Waals surface area contributed by atoms with Gasteiger partial charge in [0.15, 0.2) is 0 Å². The highest BCUT2D eigenvalue weighted by atomic mass is 19.4. The molecule has 0 aromatic heterocycles. The van der Waals surface area contributed by atoms with Crippen molar-refractivity contribution in [1.29, 1.82) is 0 Å². The fraction of sp³-hybridized carbons (Fsp3) is 0.297. The predicted octanol–water partition coefficient (Wildman–Crippen LogP) is 6.48. The number of aliphatic hydroxyl groups excluding tert-OH is 1. The van der Waals surface area contributed by atoms with Gasteiger partial charge in [-0.15, -0.1) is 0 Å². The lowest BCUT2D eigenvalue weighted by atomic mass is 9.99. The summed E-state index contributed by atoms with van der Waals surface area (Å²) in [4.78, 5) is 29.0. The van der Waals surface area contributed by atoms with E-state index in [-0.39, 0.29) is 25.0 Å². The number of carbonyl (C=O) groups is 2. The Morgan fingerprint density at radius 3 is 2.37 bits per heavy atom. The number of carbonyl (C=O) groups excluding carboxylic acids is 2. The number of aryl methyl sites for hydroxylation is 1. The summed E-state index contributed by atoms with van der Waals surface area (Å²) in [7, 11) is 0. The fourth-order valence-corrected chi connectivity index (χ4v) is 5.96. The van der Waals surface area contributed by atoms with Crippen molar-refractivity contribution in [2.75, 3.05) is 13.1 Å². The lowest BCUT2D eigenvalue weighted by Crippen LogP contribution is -2.48. The van der Waals surface area contributed by atoms with Crippen LogP contribution in [0.1, 0.15) is 67.4 Å². The van der Waals surface area contributed by atoms with Crippen LogP contribution in [0.2, 0.25) is 0 Å². The highest BCUT2D eigenvalue weighted by Gasteiger charge is 2.32. The molecule has 0 saturated carbocycles. The first-order chi connectivity index (χ1) is 22.1. The SMILES string of the molecule is Cc1cccc(C2CCCN2C(=O)c2cccc(C(=O)NC(Cc3ccccc3)C(O)CNCc3cccc(C(F)(F)F)c3)c2)c1. The maximum atomic E-state index is 13.7. The van der Waals surface area contributed by atoms with Gasteiger partial charge in [-0.3, -0.25) is 9.59 Å². The Kier molecular flexibility index (Phi) is 10.6. The van der Waals surface area contributed by atoms with Crippen LogP contribution in [0.3, 0.4) is 0 Å². The van der Waals surface area contributed by atoms with Crippen LogP contribution in [-0.4, -0.2) is 47.1 Å². The molecule has 4 aromatic rings. The molecule has 240 valence electrons. The highest BCUT2D eigenvalue weighted by Crippen LogP contribution is 2.34. The van der Waals surface area contributed by atoms with Gasteiger partial charge in [0, 0.05) is 30.8 Å². The Labute approximate surface area is 267 Å². The maximum absolute atomic E-state index is 13.7. The van der Waals surface area contributed by atoms with Gasteiger partial charge in [-0.1, -0.05) is 84.4 Å². The number of aliphatic hydroxyl groups is 1. The zero-order chi connectivity index (χ0) is 32.7. The number of rotatable bonds is 11. The average molecular weight is 630 g/mol. The van der Waals surface area contributed by atoms with E-state index in [9.17, 15) is 27.9 Å². The molecule has 1 aliphatic rings. The van der Waals surface area contributed by atoms with Gasteiger partial charge in [0.25, 0.3) is 11.8 Å². The van der Waals surface area contributed by atoms with Crippen LogP contribution in [0, 0.1) is 6.92 Å². The van der Waals surface area contributed by atoms with E-state index in [2.05, 4.69) is 16.7 Å². The molecular formula is C37H38F3N3O3. The Balaban J connectivity index is 1.27. The number of nitrogens with zero attached hydrogens (tertiary/aromatic N) is 1. The van der Waals surface area contributed by atoms with Gasteiger partial charge < -0.3 is 20.6 Å². The van der Waals surface area contributed by atoms with Crippen LogP contribution in [0.15, 0.2) is 103 Å². The molecule has 3 N–H and O–H groups in total. The molecule has 0 spiro atoms. The summed E-state index contributed by atoms with van der Waals surface area (Å²) in [6.45, 7) is 2.80. The zero-order valence-corrected chi connectivity index (χ0v) is 25.6. The molecule has 3 atom stereocenters. The molecule has 46 heavy (non-hydrogen) atoms. The Morgan fingerprint density at radius 2 is 1.61 bits per heavy atom. The first-order valence-electron chi connectivity index (χ1n) is 15.5. The standard InChI is InChI=1S/C37H38F3N3O3/c1-25-9-5-13-28(19-25)33-17-8-18-43(33)36(46)30-15-7-14-29(22-30)35(45)42-32(21-26-10-3-2-4-11-26)34(44)24-41-23-27-12-6-16-31(20-27)37(38,39)40/h2-7,9-16,19-20,22,32-34,41,44H,8,17-18,21,23-24H2,1H3,(H,42,45). The molecule has 0 bridgehead atoms. The van der Waals surface area contributed by atoms with Crippen molar-refractivity contribution in [1.82, 2.24) is 15.5 Å². The predicted molar refractivity (Wildman–Crippen MR) is 171 cm³/mol. The van der Waals surface area contributed by atoms with E-state index in [0.29, 0.717) is 29.7 Å². The summed E-state index contributed by atoms with van der Waals surface area (Å²) in [5, 5.41) is 17.1. The minimum Gasteiger partial charge on any atom is -0.390 e. The van der Waals surface area contributed by atoms with Gasteiger partial charge in [-0.2, -0.15) is 13.2 Å². The quantitative estimate of drug-likeness (QED) is 0.177. The molecule has 1 aliphatic heterocycles. The Hall–Kier alpha value is -4.47. The summed E-state index contributed by atoms with van der Waals surface area (Å²) >= 11 is 0. The van der Waals surface area contributed by atoms with Crippen LogP contribution in [-0.2, 0) is 19.1 Å². The first-order valence-corrected chi connectivity index (χ1v) is 15.5. The van der Waals surface area contributed by atoms with Crippen molar-refractivity contribution >= 4 is 11.8 Å².